The third kappa shape index (κ3) is 3.23. The molecule has 18 heavy (non-hydrogen) atoms. The third-order valence-corrected chi connectivity index (χ3v) is 2.87. The van der Waals surface area contributed by atoms with E-state index >= 15 is 0 Å². The van der Waals surface area contributed by atoms with Crippen molar-refractivity contribution in [2.75, 3.05) is 31.5 Å². The highest BCUT2D eigenvalue weighted by molar-refractivity contribution is 9.10. The zero-order valence-corrected chi connectivity index (χ0v) is 11.1. The van der Waals surface area contributed by atoms with E-state index in [1.807, 2.05) is 0 Å². The van der Waals surface area contributed by atoms with Gasteiger partial charge in [0.25, 0.3) is 0 Å². The van der Waals surface area contributed by atoms with Gasteiger partial charge < -0.3 is 15.5 Å². The summed E-state index contributed by atoms with van der Waals surface area (Å²) in [5.74, 6) is -0.971. The molecule has 0 unspecified atom stereocenters. The summed E-state index contributed by atoms with van der Waals surface area (Å²) in [4.78, 5) is 32.8. The van der Waals surface area contributed by atoms with Gasteiger partial charge in [0.2, 0.25) is 0 Å². The number of carbonyl (C=O) groups excluding carboxylic acids is 2. The van der Waals surface area contributed by atoms with E-state index in [2.05, 4.69) is 36.5 Å². The Hall–Kier alpha value is -1.54. The maximum Gasteiger partial charge on any atom is 0.315 e. The predicted octanol–water partition coefficient (Wildman–Crippen LogP) is -0.391. The number of amides is 2. The van der Waals surface area contributed by atoms with Gasteiger partial charge in [0.15, 0.2) is 5.82 Å². The van der Waals surface area contributed by atoms with Crippen molar-refractivity contribution in [2.24, 2.45) is 0 Å². The molecule has 1 aromatic heterocycles. The Morgan fingerprint density at radius 2 is 2.00 bits per heavy atom. The first kappa shape index (κ1) is 12.9. The second-order valence-electron chi connectivity index (χ2n) is 3.72. The van der Waals surface area contributed by atoms with Crippen molar-refractivity contribution < 1.29 is 9.59 Å². The Bertz CT molecular complexity index is 444. The zero-order chi connectivity index (χ0) is 13.0. The Morgan fingerprint density at radius 1 is 1.28 bits per heavy atom. The number of aromatic nitrogens is 2. The molecule has 1 fully saturated rings. The highest BCUT2D eigenvalue weighted by atomic mass is 79.9. The number of piperazine rings is 1. The average molecular weight is 314 g/mol. The minimum Gasteiger partial charge on any atom is -0.332 e. The van der Waals surface area contributed by atoms with Gasteiger partial charge in [0, 0.05) is 26.2 Å². The van der Waals surface area contributed by atoms with Crippen LogP contribution in [-0.2, 0) is 9.59 Å². The Labute approximate surface area is 112 Å². The fourth-order valence-corrected chi connectivity index (χ4v) is 1.76. The van der Waals surface area contributed by atoms with Crippen LogP contribution in [0.5, 0.6) is 0 Å². The number of halogens is 1. The van der Waals surface area contributed by atoms with Gasteiger partial charge in [-0.15, -0.1) is 0 Å². The van der Waals surface area contributed by atoms with E-state index in [0.717, 1.165) is 0 Å². The molecule has 0 radical (unpaired) electrons. The summed E-state index contributed by atoms with van der Waals surface area (Å²) < 4.78 is 0.564. The summed E-state index contributed by atoms with van der Waals surface area (Å²) >= 11 is 3.13. The first-order valence-electron chi connectivity index (χ1n) is 5.45. The molecule has 2 N–H and O–H groups in total. The number of carbonyl (C=O) groups is 2. The molecule has 2 rings (SSSR count). The normalized spacial score (nSPS) is 15.3. The Morgan fingerprint density at radius 3 is 2.61 bits per heavy atom. The molecule has 0 bridgehead atoms. The second-order valence-corrected chi connectivity index (χ2v) is 4.53. The second kappa shape index (κ2) is 5.87. The maximum atomic E-state index is 11.8. The van der Waals surface area contributed by atoms with Crippen LogP contribution < -0.4 is 10.6 Å². The summed E-state index contributed by atoms with van der Waals surface area (Å²) in [6.45, 7) is 2.49. The number of rotatable bonds is 1. The number of nitrogens with zero attached hydrogens (tertiary/aromatic N) is 3. The van der Waals surface area contributed by atoms with E-state index in [0.29, 0.717) is 30.8 Å². The molecule has 7 nitrogen and oxygen atoms in total. The molecule has 1 aromatic rings. The van der Waals surface area contributed by atoms with Crippen LogP contribution in [0.4, 0.5) is 5.82 Å². The van der Waals surface area contributed by atoms with Gasteiger partial charge in [-0.2, -0.15) is 0 Å². The van der Waals surface area contributed by atoms with Crippen molar-refractivity contribution in [3.8, 4) is 0 Å². The van der Waals surface area contributed by atoms with Crippen molar-refractivity contribution in [1.29, 1.82) is 0 Å². The van der Waals surface area contributed by atoms with E-state index in [1.54, 1.807) is 0 Å². The number of hydrogen-bond acceptors (Lipinski definition) is 5. The first-order valence-corrected chi connectivity index (χ1v) is 6.24. The van der Waals surface area contributed by atoms with E-state index in [-0.39, 0.29) is 5.82 Å². The predicted molar refractivity (Wildman–Crippen MR) is 67.8 cm³/mol. The Kier molecular flexibility index (Phi) is 4.21. The van der Waals surface area contributed by atoms with Crippen molar-refractivity contribution >= 4 is 33.6 Å². The molecule has 0 aliphatic carbocycles. The topological polar surface area (TPSA) is 87.2 Å². The van der Waals surface area contributed by atoms with Crippen LogP contribution in [0, 0.1) is 0 Å². The van der Waals surface area contributed by atoms with Crippen LogP contribution in [0.2, 0.25) is 0 Å². The smallest absolute Gasteiger partial charge is 0.315 e. The van der Waals surface area contributed by atoms with Crippen LogP contribution in [0.1, 0.15) is 0 Å². The zero-order valence-electron chi connectivity index (χ0n) is 9.52. The highest BCUT2D eigenvalue weighted by Crippen LogP contribution is 2.06. The van der Waals surface area contributed by atoms with Crippen molar-refractivity contribution in [2.45, 2.75) is 0 Å². The lowest BCUT2D eigenvalue weighted by Gasteiger charge is -2.26. The van der Waals surface area contributed by atoms with Crippen LogP contribution >= 0.6 is 15.9 Å². The minimum atomic E-state index is -0.687. The van der Waals surface area contributed by atoms with Crippen LogP contribution in [0.15, 0.2) is 17.0 Å². The van der Waals surface area contributed by atoms with Crippen LogP contribution in [-0.4, -0.2) is 52.9 Å². The maximum absolute atomic E-state index is 11.8. The number of hydrogen-bond donors (Lipinski definition) is 2. The molecule has 1 aliphatic rings. The molecule has 0 saturated carbocycles. The summed E-state index contributed by atoms with van der Waals surface area (Å²) in [6.07, 6.45) is 2.83. The molecule has 2 amide bonds. The fraction of sp³-hybridized carbons (Fsp3) is 0.400. The molecule has 1 aliphatic heterocycles. The van der Waals surface area contributed by atoms with E-state index < -0.39 is 11.8 Å². The standard InChI is InChI=1S/C10H12BrN5O2/c11-7-5-14-8(6-13-7)15-9(17)10(18)16-3-1-12-2-4-16/h5-6,12H,1-4H2,(H,14,15,17). The molecule has 8 heteroatoms. The molecule has 2 heterocycles. The van der Waals surface area contributed by atoms with E-state index in [1.165, 1.54) is 17.3 Å². The van der Waals surface area contributed by atoms with Gasteiger partial charge in [-0.3, -0.25) is 9.59 Å². The van der Waals surface area contributed by atoms with Crippen LogP contribution in [0.25, 0.3) is 0 Å². The highest BCUT2D eigenvalue weighted by Gasteiger charge is 2.23. The molecular weight excluding hydrogens is 302 g/mol. The fourth-order valence-electron chi connectivity index (χ4n) is 1.56. The van der Waals surface area contributed by atoms with Gasteiger partial charge in [0.1, 0.15) is 4.60 Å². The SMILES string of the molecule is O=C(Nc1cnc(Br)cn1)C(=O)N1CCNCC1. The van der Waals surface area contributed by atoms with Crippen molar-refractivity contribution in [1.82, 2.24) is 20.2 Å². The summed E-state index contributed by atoms with van der Waals surface area (Å²) in [5.41, 5.74) is 0. The van der Waals surface area contributed by atoms with Crippen LogP contribution in [0.3, 0.4) is 0 Å². The summed E-state index contributed by atoms with van der Waals surface area (Å²) in [7, 11) is 0. The lowest BCUT2D eigenvalue weighted by molar-refractivity contribution is -0.143. The molecular formula is C10H12BrN5O2. The molecule has 0 atom stereocenters. The van der Waals surface area contributed by atoms with Gasteiger partial charge in [-0.1, -0.05) is 0 Å². The molecule has 1 saturated heterocycles. The molecule has 0 spiro atoms. The van der Waals surface area contributed by atoms with E-state index in [9.17, 15) is 9.59 Å². The Balaban J connectivity index is 1.94. The quantitative estimate of drug-likeness (QED) is 0.690. The third-order valence-electron chi connectivity index (χ3n) is 2.46. The summed E-state index contributed by atoms with van der Waals surface area (Å²) in [5, 5.41) is 5.53. The molecule has 0 aromatic carbocycles. The lowest BCUT2D eigenvalue weighted by Crippen LogP contribution is -2.49. The lowest BCUT2D eigenvalue weighted by atomic mass is 10.3. The summed E-state index contributed by atoms with van der Waals surface area (Å²) in [6, 6.07) is 0. The van der Waals surface area contributed by atoms with Gasteiger partial charge in [-0.25, -0.2) is 9.97 Å². The van der Waals surface area contributed by atoms with Gasteiger partial charge >= 0.3 is 11.8 Å². The van der Waals surface area contributed by atoms with E-state index in [4.69, 9.17) is 0 Å². The van der Waals surface area contributed by atoms with Crippen molar-refractivity contribution in [3.63, 3.8) is 0 Å². The average Bonchev–Trinajstić information content (AvgIpc) is 2.41. The van der Waals surface area contributed by atoms with Crippen molar-refractivity contribution in [3.05, 3.63) is 17.0 Å². The van der Waals surface area contributed by atoms with Gasteiger partial charge in [-0.05, 0) is 15.9 Å². The van der Waals surface area contributed by atoms with Gasteiger partial charge in [0.05, 0.1) is 12.4 Å². The first-order chi connectivity index (χ1) is 8.66. The minimum absolute atomic E-state index is 0.256. The molecule has 96 valence electrons. The number of nitrogens with one attached hydrogen (secondary N) is 2. The monoisotopic (exact) mass is 313 g/mol. The number of anilines is 1. The largest absolute Gasteiger partial charge is 0.332 e.